The lowest BCUT2D eigenvalue weighted by Gasteiger charge is -2.38. The van der Waals surface area contributed by atoms with Gasteiger partial charge >= 0.3 is 0 Å². The molecule has 3 aliphatic heterocycles. The maximum atomic E-state index is 14.7. The molecule has 3 atom stereocenters. The molecule has 5 nitrogen and oxygen atoms in total. The first-order chi connectivity index (χ1) is 14.4. The van der Waals surface area contributed by atoms with Crippen molar-refractivity contribution in [3.63, 3.8) is 0 Å². The first kappa shape index (κ1) is 19.1. The summed E-state index contributed by atoms with van der Waals surface area (Å²) in [5.41, 5.74) is 3.90. The van der Waals surface area contributed by atoms with Gasteiger partial charge in [-0.3, -0.25) is 10.1 Å². The Bertz CT molecular complexity index is 1070. The number of hydrogen-bond acceptors (Lipinski definition) is 3. The first-order valence-electron chi connectivity index (χ1n) is 9.89. The largest absolute Gasteiger partial charge is 0.372 e. The van der Waals surface area contributed by atoms with Crippen LogP contribution >= 0.6 is 0 Å². The van der Waals surface area contributed by atoms with E-state index in [1.165, 1.54) is 12.1 Å². The molecular weight excluding hydrogens is 395 g/mol. The Kier molecular flexibility index (Phi) is 4.54. The van der Waals surface area contributed by atoms with Crippen LogP contribution in [0.5, 0.6) is 0 Å². The van der Waals surface area contributed by atoms with Gasteiger partial charge in [0, 0.05) is 11.6 Å². The van der Waals surface area contributed by atoms with Crippen LogP contribution < -0.4 is 5.32 Å². The van der Waals surface area contributed by atoms with Gasteiger partial charge in [-0.15, -0.1) is 0 Å². The van der Waals surface area contributed by atoms with Crippen molar-refractivity contribution in [3.8, 4) is 0 Å². The van der Waals surface area contributed by atoms with Gasteiger partial charge in [0.25, 0.3) is 5.91 Å². The van der Waals surface area contributed by atoms with Gasteiger partial charge in [0.05, 0.1) is 31.0 Å². The molecule has 5 rings (SSSR count). The molecule has 30 heavy (non-hydrogen) atoms. The second-order valence-electron chi connectivity index (χ2n) is 7.96. The fraction of sp³-hybridized carbons (Fsp3) is 0.364. The Balaban J connectivity index is 1.58. The normalized spacial score (nSPS) is 26.7. The Labute approximate surface area is 171 Å². The number of rotatable bonds is 2. The highest BCUT2D eigenvalue weighted by Crippen LogP contribution is 2.41. The topological polar surface area (TPSA) is 53.9 Å². The van der Waals surface area contributed by atoms with Gasteiger partial charge in [0.15, 0.2) is 6.17 Å². The summed E-state index contributed by atoms with van der Waals surface area (Å²) in [6, 6.07) is 5.97. The van der Waals surface area contributed by atoms with E-state index < -0.39 is 35.8 Å². The summed E-state index contributed by atoms with van der Waals surface area (Å²) in [4.78, 5) is 18.5. The number of benzene rings is 2. The second kappa shape index (κ2) is 7.12. The summed E-state index contributed by atoms with van der Waals surface area (Å²) >= 11 is 0. The maximum Gasteiger partial charge on any atom is 0.263 e. The zero-order valence-electron chi connectivity index (χ0n) is 16.3. The molecular formula is C22H20F3N3O2. The zero-order chi connectivity index (χ0) is 21.0. The Morgan fingerprint density at radius 3 is 2.67 bits per heavy atom. The predicted molar refractivity (Wildman–Crippen MR) is 104 cm³/mol. The highest BCUT2D eigenvalue weighted by Gasteiger charge is 2.48. The highest BCUT2D eigenvalue weighted by atomic mass is 19.1. The standard InChI is InChI=1S/C22H20F3N3O2/c1-11-6-12-9-30-10-13(12)7-17(11)26-22-27-21(29)20(25)19-5-4-18(28(19)22)15-3-2-14(23)8-16(15)24/h2-3,6-8,18-20H,4-5,9-10H2,1H3,(H,26,27,29). The minimum atomic E-state index is -1.74. The van der Waals surface area contributed by atoms with Crippen LogP contribution in [0.2, 0.25) is 0 Å². The van der Waals surface area contributed by atoms with Crippen molar-refractivity contribution in [3.05, 3.63) is 64.2 Å². The molecule has 0 bridgehead atoms. The third kappa shape index (κ3) is 3.06. The molecule has 3 heterocycles. The van der Waals surface area contributed by atoms with Crippen molar-refractivity contribution in [1.82, 2.24) is 10.2 Å². The van der Waals surface area contributed by atoms with Gasteiger partial charge in [0.1, 0.15) is 11.6 Å². The van der Waals surface area contributed by atoms with Crippen LogP contribution in [0.15, 0.2) is 35.3 Å². The van der Waals surface area contributed by atoms with Crippen molar-refractivity contribution in [2.24, 2.45) is 4.99 Å². The van der Waals surface area contributed by atoms with Crippen molar-refractivity contribution >= 4 is 17.6 Å². The first-order valence-corrected chi connectivity index (χ1v) is 9.89. The van der Waals surface area contributed by atoms with Crippen LogP contribution in [0.25, 0.3) is 0 Å². The number of hydrogen-bond donors (Lipinski definition) is 1. The highest BCUT2D eigenvalue weighted by molar-refractivity contribution is 6.03. The number of carbonyl (C=O) groups excluding carboxylic acids is 1. The Morgan fingerprint density at radius 1 is 1.13 bits per heavy atom. The molecule has 1 N–H and O–H groups in total. The van der Waals surface area contributed by atoms with Gasteiger partial charge in [-0.2, -0.15) is 0 Å². The lowest BCUT2D eigenvalue weighted by Crippen LogP contribution is -2.60. The number of alkyl halides is 1. The van der Waals surface area contributed by atoms with Gasteiger partial charge in [-0.1, -0.05) is 12.1 Å². The fourth-order valence-corrected chi connectivity index (χ4v) is 4.58. The van der Waals surface area contributed by atoms with Crippen molar-refractivity contribution in [2.75, 3.05) is 0 Å². The number of nitrogens with one attached hydrogen (secondary N) is 1. The van der Waals surface area contributed by atoms with Crippen molar-refractivity contribution < 1.29 is 22.7 Å². The summed E-state index contributed by atoms with van der Waals surface area (Å²) in [6.07, 6.45) is -0.947. The average Bonchev–Trinajstić information content (AvgIpc) is 3.33. The zero-order valence-corrected chi connectivity index (χ0v) is 16.3. The molecule has 0 aliphatic carbocycles. The monoisotopic (exact) mass is 415 g/mol. The molecule has 8 heteroatoms. The van der Waals surface area contributed by atoms with Crippen molar-refractivity contribution in [1.29, 1.82) is 0 Å². The van der Waals surface area contributed by atoms with Gasteiger partial charge in [-0.25, -0.2) is 18.2 Å². The van der Waals surface area contributed by atoms with Gasteiger partial charge < -0.3 is 9.64 Å². The lowest BCUT2D eigenvalue weighted by atomic mass is 10.0. The summed E-state index contributed by atoms with van der Waals surface area (Å²) in [6.45, 7) is 2.94. The molecule has 0 aromatic heterocycles. The van der Waals surface area contributed by atoms with E-state index in [4.69, 9.17) is 4.74 Å². The fourth-order valence-electron chi connectivity index (χ4n) is 4.58. The van der Waals surface area contributed by atoms with Crippen molar-refractivity contribution in [2.45, 2.75) is 51.2 Å². The number of amides is 1. The van der Waals surface area contributed by atoms with Gasteiger partial charge in [-0.05, 0) is 48.6 Å². The van der Waals surface area contributed by atoms with E-state index in [0.29, 0.717) is 31.7 Å². The third-order valence-electron chi connectivity index (χ3n) is 6.08. The van der Waals surface area contributed by atoms with Crippen LogP contribution in [-0.2, 0) is 22.7 Å². The number of fused-ring (bicyclic) bond motifs is 2. The number of aliphatic imine (C=N–C) groups is 1. The lowest BCUT2D eigenvalue weighted by molar-refractivity contribution is -0.128. The van der Waals surface area contributed by atoms with Crippen LogP contribution in [0.1, 0.15) is 41.1 Å². The molecule has 2 fully saturated rings. The van der Waals surface area contributed by atoms with E-state index in [-0.39, 0.29) is 11.5 Å². The molecule has 0 saturated carbocycles. The van der Waals surface area contributed by atoms with E-state index in [2.05, 4.69) is 10.3 Å². The summed E-state index contributed by atoms with van der Waals surface area (Å²) in [5, 5.41) is 2.55. The SMILES string of the molecule is Cc1cc2c(cc1N=C1NC(=O)C(F)C3CCC(c4ccc(F)cc4F)N13)COC2. The predicted octanol–water partition coefficient (Wildman–Crippen LogP) is 3.96. The number of nitrogens with zero attached hydrogens (tertiary/aromatic N) is 2. The van der Waals surface area contributed by atoms with E-state index >= 15 is 0 Å². The molecule has 2 aromatic rings. The average molecular weight is 415 g/mol. The van der Waals surface area contributed by atoms with E-state index in [1.54, 1.807) is 4.90 Å². The molecule has 1 amide bonds. The maximum absolute atomic E-state index is 14.7. The molecule has 3 unspecified atom stereocenters. The van der Waals surface area contributed by atoms with Crippen LogP contribution in [0.4, 0.5) is 18.9 Å². The minimum Gasteiger partial charge on any atom is -0.372 e. The quantitative estimate of drug-likeness (QED) is 0.808. The van der Waals surface area contributed by atoms with Crippen LogP contribution in [0.3, 0.4) is 0 Å². The number of carbonyl (C=O) groups is 1. The minimum absolute atomic E-state index is 0.187. The molecule has 156 valence electrons. The van der Waals surface area contributed by atoms with E-state index in [9.17, 15) is 18.0 Å². The summed E-state index contributed by atoms with van der Waals surface area (Å²) in [5.74, 6) is -1.94. The second-order valence-corrected chi connectivity index (χ2v) is 7.96. The smallest absolute Gasteiger partial charge is 0.263 e. The summed E-state index contributed by atoms with van der Waals surface area (Å²) < 4.78 is 48.0. The number of guanidine groups is 1. The van der Waals surface area contributed by atoms with Crippen LogP contribution in [0, 0.1) is 18.6 Å². The number of ether oxygens (including phenoxy) is 1. The molecule has 2 aromatic carbocycles. The van der Waals surface area contributed by atoms with Gasteiger partial charge in [0.2, 0.25) is 5.96 Å². The van der Waals surface area contributed by atoms with E-state index in [0.717, 1.165) is 22.8 Å². The molecule has 0 spiro atoms. The number of halogens is 3. The van der Waals surface area contributed by atoms with Crippen LogP contribution in [-0.4, -0.2) is 29.0 Å². The number of aryl methyl sites for hydroxylation is 1. The summed E-state index contributed by atoms with van der Waals surface area (Å²) in [7, 11) is 0. The third-order valence-corrected chi connectivity index (χ3v) is 6.08. The molecule has 0 radical (unpaired) electrons. The van der Waals surface area contributed by atoms with E-state index in [1.807, 2.05) is 19.1 Å². The molecule has 2 saturated heterocycles. The molecule has 3 aliphatic rings. The Hall–Kier alpha value is -2.87. The Morgan fingerprint density at radius 2 is 1.90 bits per heavy atom.